The number of carbonyl (C=O) groups excluding carboxylic acids is 1. The zero-order valence-electron chi connectivity index (χ0n) is 14.8. The number of piperidine rings is 1. The lowest BCUT2D eigenvalue weighted by Crippen LogP contribution is -2.48. The number of aromatic nitrogens is 2. The first-order chi connectivity index (χ1) is 11.6. The van der Waals surface area contributed by atoms with E-state index in [4.69, 9.17) is 4.52 Å². The summed E-state index contributed by atoms with van der Waals surface area (Å²) in [6.45, 7) is 10.3. The molecule has 0 aliphatic carbocycles. The van der Waals surface area contributed by atoms with Crippen molar-refractivity contribution in [3.05, 3.63) is 11.7 Å². The molecule has 1 aromatic heterocycles. The molecule has 0 radical (unpaired) electrons. The lowest BCUT2D eigenvalue weighted by Gasteiger charge is -2.35. The molecule has 7 nitrogen and oxygen atoms in total. The molecular weight excluding hydrogens is 306 g/mol. The van der Waals surface area contributed by atoms with Crippen molar-refractivity contribution in [2.45, 2.75) is 39.7 Å². The molecule has 0 spiro atoms. The van der Waals surface area contributed by atoms with Crippen molar-refractivity contribution in [1.82, 2.24) is 25.3 Å². The third-order valence-corrected chi connectivity index (χ3v) is 5.34. The van der Waals surface area contributed by atoms with E-state index in [0.29, 0.717) is 36.6 Å². The van der Waals surface area contributed by atoms with E-state index in [2.05, 4.69) is 27.3 Å². The van der Waals surface area contributed by atoms with Crippen LogP contribution in [0.3, 0.4) is 0 Å². The highest BCUT2D eigenvalue weighted by atomic mass is 16.5. The van der Waals surface area contributed by atoms with Gasteiger partial charge in [0.05, 0.1) is 6.54 Å². The van der Waals surface area contributed by atoms with Gasteiger partial charge in [-0.2, -0.15) is 4.98 Å². The molecule has 0 bridgehead atoms. The summed E-state index contributed by atoms with van der Waals surface area (Å²) < 4.78 is 5.01. The minimum absolute atomic E-state index is 0.316. The lowest BCUT2D eigenvalue weighted by atomic mass is 9.84. The van der Waals surface area contributed by atoms with E-state index >= 15 is 0 Å². The average Bonchev–Trinajstić information content (AvgIpc) is 3.01. The van der Waals surface area contributed by atoms with Crippen molar-refractivity contribution in [2.75, 3.05) is 39.3 Å². The Balaban J connectivity index is 1.41. The first-order valence-corrected chi connectivity index (χ1v) is 9.12. The Morgan fingerprint density at radius 1 is 1.29 bits per heavy atom. The Bertz CT molecular complexity index is 533. The van der Waals surface area contributed by atoms with Gasteiger partial charge in [-0.1, -0.05) is 12.1 Å². The van der Waals surface area contributed by atoms with Gasteiger partial charge in [0, 0.05) is 39.5 Å². The Labute approximate surface area is 143 Å². The third-order valence-electron chi connectivity index (χ3n) is 5.34. The number of nitrogens with zero attached hydrogens (tertiary/aromatic N) is 4. The number of rotatable bonds is 5. The van der Waals surface area contributed by atoms with Gasteiger partial charge in [-0.25, -0.2) is 0 Å². The number of carbonyl (C=O) groups is 1. The molecule has 2 saturated heterocycles. The van der Waals surface area contributed by atoms with E-state index in [-0.39, 0.29) is 0 Å². The number of hydrogen-bond donors (Lipinski definition) is 1. The van der Waals surface area contributed by atoms with Gasteiger partial charge in [-0.05, 0) is 37.8 Å². The van der Waals surface area contributed by atoms with Crippen molar-refractivity contribution in [3.63, 3.8) is 0 Å². The summed E-state index contributed by atoms with van der Waals surface area (Å²) in [5.74, 6) is 2.83. The molecule has 1 unspecified atom stereocenters. The number of hydrogen-bond acceptors (Lipinski definition) is 6. The van der Waals surface area contributed by atoms with Gasteiger partial charge >= 0.3 is 0 Å². The number of amides is 1. The van der Waals surface area contributed by atoms with E-state index in [1.807, 2.05) is 4.90 Å². The number of nitrogens with one attached hydrogen (secondary N) is 1. The van der Waals surface area contributed by atoms with Crippen LogP contribution in [-0.4, -0.2) is 65.1 Å². The summed E-state index contributed by atoms with van der Waals surface area (Å²) in [5, 5.41) is 7.34. The van der Waals surface area contributed by atoms with Crippen molar-refractivity contribution >= 4 is 5.91 Å². The van der Waals surface area contributed by atoms with Crippen molar-refractivity contribution in [3.8, 4) is 0 Å². The fraction of sp³-hybridized carbons (Fsp3) is 0.824. The highest BCUT2D eigenvalue weighted by Crippen LogP contribution is 2.25. The molecule has 1 aromatic rings. The SMILES string of the molecule is Cc1nc(CN2CCN(C(=O)CC(C)C3CCNCC3)CC2)no1. The van der Waals surface area contributed by atoms with Gasteiger partial charge in [0.15, 0.2) is 5.82 Å². The summed E-state index contributed by atoms with van der Waals surface area (Å²) >= 11 is 0. The van der Waals surface area contributed by atoms with E-state index in [1.54, 1.807) is 6.92 Å². The summed E-state index contributed by atoms with van der Waals surface area (Å²) in [6, 6.07) is 0. The van der Waals surface area contributed by atoms with Gasteiger partial charge in [0.1, 0.15) is 0 Å². The van der Waals surface area contributed by atoms with Crippen molar-refractivity contribution < 1.29 is 9.32 Å². The van der Waals surface area contributed by atoms with Crippen LogP contribution in [0.4, 0.5) is 0 Å². The normalized spacial score (nSPS) is 21.8. The van der Waals surface area contributed by atoms with Gasteiger partial charge in [0.2, 0.25) is 11.8 Å². The van der Waals surface area contributed by atoms with Crippen LogP contribution in [0.1, 0.15) is 37.9 Å². The minimum atomic E-state index is 0.316. The van der Waals surface area contributed by atoms with E-state index in [1.165, 1.54) is 12.8 Å². The van der Waals surface area contributed by atoms with Crippen LogP contribution in [-0.2, 0) is 11.3 Å². The predicted molar refractivity (Wildman–Crippen MR) is 90.3 cm³/mol. The quantitative estimate of drug-likeness (QED) is 0.867. The van der Waals surface area contributed by atoms with Gasteiger partial charge in [-0.3, -0.25) is 9.69 Å². The van der Waals surface area contributed by atoms with Crippen LogP contribution in [0.2, 0.25) is 0 Å². The molecule has 3 heterocycles. The number of piperazine rings is 1. The highest BCUT2D eigenvalue weighted by molar-refractivity contribution is 5.76. The second-order valence-corrected chi connectivity index (χ2v) is 7.16. The molecular formula is C17H29N5O2. The smallest absolute Gasteiger partial charge is 0.223 e. The van der Waals surface area contributed by atoms with E-state index < -0.39 is 0 Å². The van der Waals surface area contributed by atoms with Crippen LogP contribution in [0.25, 0.3) is 0 Å². The Hall–Kier alpha value is -1.47. The highest BCUT2D eigenvalue weighted by Gasteiger charge is 2.26. The first-order valence-electron chi connectivity index (χ1n) is 9.12. The Morgan fingerprint density at radius 3 is 2.62 bits per heavy atom. The minimum Gasteiger partial charge on any atom is -0.340 e. The molecule has 2 aliphatic rings. The van der Waals surface area contributed by atoms with Crippen LogP contribution >= 0.6 is 0 Å². The molecule has 0 aromatic carbocycles. The average molecular weight is 335 g/mol. The first kappa shape index (κ1) is 17.4. The Kier molecular flexibility index (Phi) is 5.84. The summed E-state index contributed by atoms with van der Waals surface area (Å²) in [7, 11) is 0. The zero-order chi connectivity index (χ0) is 16.9. The van der Waals surface area contributed by atoms with Gasteiger partial charge in [0.25, 0.3) is 0 Å². The monoisotopic (exact) mass is 335 g/mol. The molecule has 7 heteroatoms. The second-order valence-electron chi connectivity index (χ2n) is 7.16. The second kappa shape index (κ2) is 8.07. The fourth-order valence-corrected chi connectivity index (χ4v) is 3.75. The molecule has 0 saturated carbocycles. The summed E-state index contributed by atoms with van der Waals surface area (Å²) in [5.41, 5.74) is 0. The maximum Gasteiger partial charge on any atom is 0.223 e. The van der Waals surface area contributed by atoms with E-state index in [9.17, 15) is 4.79 Å². The van der Waals surface area contributed by atoms with Gasteiger partial charge in [-0.15, -0.1) is 0 Å². The maximum absolute atomic E-state index is 12.6. The molecule has 1 atom stereocenters. The topological polar surface area (TPSA) is 74.5 Å². The predicted octanol–water partition coefficient (Wildman–Crippen LogP) is 1.05. The molecule has 3 rings (SSSR count). The molecule has 134 valence electrons. The van der Waals surface area contributed by atoms with Crippen LogP contribution in [0, 0.1) is 18.8 Å². The van der Waals surface area contributed by atoms with Crippen molar-refractivity contribution in [2.24, 2.45) is 11.8 Å². The fourth-order valence-electron chi connectivity index (χ4n) is 3.75. The maximum atomic E-state index is 12.6. The van der Waals surface area contributed by atoms with E-state index in [0.717, 1.165) is 45.1 Å². The van der Waals surface area contributed by atoms with Crippen molar-refractivity contribution in [1.29, 1.82) is 0 Å². The van der Waals surface area contributed by atoms with Crippen LogP contribution in [0.5, 0.6) is 0 Å². The molecule has 1 amide bonds. The molecule has 1 N–H and O–H groups in total. The number of aryl methyl sites for hydroxylation is 1. The molecule has 2 aliphatic heterocycles. The third kappa shape index (κ3) is 4.54. The summed E-state index contributed by atoms with van der Waals surface area (Å²) in [6.07, 6.45) is 3.09. The largest absolute Gasteiger partial charge is 0.340 e. The molecule has 2 fully saturated rings. The van der Waals surface area contributed by atoms with Crippen LogP contribution < -0.4 is 5.32 Å². The lowest BCUT2D eigenvalue weighted by molar-refractivity contribution is -0.134. The van der Waals surface area contributed by atoms with Crippen LogP contribution in [0.15, 0.2) is 4.52 Å². The summed E-state index contributed by atoms with van der Waals surface area (Å²) in [4.78, 5) is 21.1. The standard InChI is InChI=1S/C17H29N5O2/c1-13(15-3-5-18-6-4-15)11-17(23)22-9-7-21(8-10-22)12-16-19-14(2)24-20-16/h13,15,18H,3-12H2,1-2H3. The Morgan fingerprint density at radius 2 is 2.00 bits per heavy atom. The zero-order valence-corrected chi connectivity index (χ0v) is 14.8. The van der Waals surface area contributed by atoms with Gasteiger partial charge < -0.3 is 14.7 Å². The molecule has 24 heavy (non-hydrogen) atoms.